The molecule has 0 unspecified atom stereocenters. The highest BCUT2D eigenvalue weighted by atomic mass is 35.5. The molecule has 6 rings (SSSR count). The van der Waals surface area contributed by atoms with Gasteiger partial charge in [0.25, 0.3) is 0 Å². The van der Waals surface area contributed by atoms with E-state index in [2.05, 4.69) is 9.74 Å². The molecule has 0 aromatic heterocycles. The molecule has 2 saturated heterocycles. The van der Waals surface area contributed by atoms with Crippen LogP contribution in [0.3, 0.4) is 0 Å². The van der Waals surface area contributed by atoms with E-state index < -0.39 is 29.2 Å². The van der Waals surface area contributed by atoms with Crippen molar-refractivity contribution in [3.05, 3.63) is 128 Å². The van der Waals surface area contributed by atoms with E-state index in [1.165, 1.54) is 64.4 Å². The van der Waals surface area contributed by atoms with Gasteiger partial charge in [0.05, 0.1) is 35.2 Å². The predicted octanol–water partition coefficient (Wildman–Crippen LogP) is 6.93. The van der Waals surface area contributed by atoms with Crippen molar-refractivity contribution in [3.63, 3.8) is 0 Å². The van der Waals surface area contributed by atoms with Crippen LogP contribution in [0.4, 0.5) is 38.5 Å². The van der Waals surface area contributed by atoms with Crippen molar-refractivity contribution in [1.82, 2.24) is 19.6 Å². The van der Waals surface area contributed by atoms with Gasteiger partial charge < -0.3 is 30.2 Å². The minimum absolute atomic E-state index is 0.0557. The number of nitrogens with two attached hydrogens (primary N) is 2. The van der Waals surface area contributed by atoms with Gasteiger partial charge in [0.1, 0.15) is 23.3 Å². The van der Waals surface area contributed by atoms with Gasteiger partial charge >= 0.3 is 18.0 Å². The number of likely N-dealkylation sites (tertiary alicyclic amines) is 2. The molecule has 4 aromatic rings. The second-order valence-corrected chi connectivity index (χ2v) is 16.1. The average Bonchev–Trinajstić information content (AvgIpc) is 3.96. The van der Waals surface area contributed by atoms with E-state index in [4.69, 9.17) is 34.8 Å². The number of hydrogen-bond acceptors (Lipinski definition) is 9. The Balaban J connectivity index is 0.000000234. The summed E-state index contributed by atoms with van der Waals surface area (Å²) in [5.41, 5.74) is 6.50. The molecule has 4 amide bonds. The maximum atomic E-state index is 14.7. The summed E-state index contributed by atoms with van der Waals surface area (Å²) < 4.78 is 56.8. The van der Waals surface area contributed by atoms with Gasteiger partial charge in [-0.15, -0.1) is 0 Å². The quantitative estimate of drug-likeness (QED) is 0.0929. The van der Waals surface area contributed by atoms with Crippen LogP contribution in [0.5, 0.6) is 0 Å². The Kier molecular flexibility index (Phi) is 16.3. The van der Waals surface area contributed by atoms with Crippen LogP contribution >= 0.6 is 23.2 Å². The Bertz CT molecular complexity index is 2130. The molecule has 2 heterocycles. The number of benzene rings is 4. The average molecular weight is 904 g/mol. The van der Waals surface area contributed by atoms with Crippen LogP contribution in [0, 0.1) is 23.3 Å². The van der Waals surface area contributed by atoms with Crippen molar-refractivity contribution in [2.75, 3.05) is 70.7 Å². The summed E-state index contributed by atoms with van der Waals surface area (Å²) in [7, 11) is 7.80. The van der Waals surface area contributed by atoms with Crippen LogP contribution in [-0.4, -0.2) is 116 Å². The molecule has 0 aliphatic carbocycles. The van der Waals surface area contributed by atoms with Gasteiger partial charge in [-0.1, -0.05) is 41.4 Å². The van der Waals surface area contributed by atoms with Crippen molar-refractivity contribution in [2.45, 2.75) is 38.0 Å². The maximum Gasteiger partial charge on any atom is 0.356 e. The van der Waals surface area contributed by atoms with Crippen LogP contribution in [0.25, 0.3) is 0 Å². The first-order valence-corrected chi connectivity index (χ1v) is 20.2. The molecule has 0 spiro atoms. The molecule has 4 aromatic carbocycles. The first-order chi connectivity index (χ1) is 29.4. The second-order valence-electron chi connectivity index (χ2n) is 15.3. The number of carbonyl (C=O) groups excluding carboxylic acids is 4. The molecule has 19 heteroatoms. The van der Waals surface area contributed by atoms with Crippen LogP contribution in [0.1, 0.15) is 44.7 Å². The van der Waals surface area contributed by atoms with Gasteiger partial charge in [-0.3, -0.25) is 14.6 Å². The van der Waals surface area contributed by atoms with E-state index >= 15 is 0 Å². The number of nitrogens with zero attached hydrogens (tertiary/aromatic N) is 6. The number of Topliss-reactive ketones (excluding diaryl/α,β-unsaturated/α-hetero) is 1. The zero-order valence-corrected chi connectivity index (χ0v) is 36.1. The zero-order chi connectivity index (χ0) is 45.4. The van der Waals surface area contributed by atoms with Crippen LogP contribution in [-0.2, 0) is 17.9 Å². The molecule has 0 saturated carbocycles. The lowest BCUT2D eigenvalue weighted by molar-refractivity contribution is 0.0502. The number of anilines is 2. The molecule has 62 heavy (non-hydrogen) atoms. The van der Waals surface area contributed by atoms with E-state index in [1.807, 2.05) is 33.1 Å². The van der Waals surface area contributed by atoms with Crippen molar-refractivity contribution in [2.24, 2.45) is 11.6 Å². The van der Waals surface area contributed by atoms with Gasteiger partial charge in [0, 0.05) is 66.3 Å². The number of amides is 4. The van der Waals surface area contributed by atoms with Crippen LogP contribution in [0.15, 0.2) is 72.8 Å². The van der Waals surface area contributed by atoms with Crippen molar-refractivity contribution >= 4 is 58.4 Å². The first kappa shape index (κ1) is 47.7. The summed E-state index contributed by atoms with van der Waals surface area (Å²) in [6.45, 7) is 1.67. The topological polar surface area (TPSA) is 149 Å². The Hall–Kier alpha value is -5.30. The monoisotopic (exact) mass is 902 g/mol. The van der Waals surface area contributed by atoms with E-state index in [9.17, 15) is 36.7 Å². The van der Waals surface area contributed by atoms with Crippen molar-refractivity contribution in [3.8, 4) is 0 Å². The molecule has 0 bridgehead atoms. The Labute approximate surface area is 367 Å². The summed E-state index contributed by atoms with van der Waals surface area (Å²) in [6.07, 6.45) is 1.63. The van der Waals surface area contributed by atoms with E-state index in [0.29, 0.717) is 37.6 Å². The molecule has 2 fully saturated rings. The SMILES string of the molecule is CN(C)[C@@H]1CCN(C(=O)N(Cc2ccc(C(=O)CN)cc2F)c2ccc(F)c(Cl)c2)C1.CN(C)[C@@H]1CCN(C(=O)N(Cc2ccc(C(=O)ON)cc2F)c2ccc(F)c(Cl)c2)C1. The van der Waals surface area contributed by atoms with Gasteiger partial charge in [0.2, 0.25) is 0 Å². The normalized spacial score (nSPS) is 16.0. The highest BCUT2D eigenvalue weighted by Gasteiger charge is 2.33. The summed E-state index contributed by atoms with van der Waals surface area (Å²) in [4.78, 5) is 64.2. The van der Waals surface area contributed by atoms with Crippen LogP contribution < -0.4 is 21.4 Å². The van der Waals surface area contributed by atoms with Gasteiger partial charge in [-0.05, 0) is 95.6 Å². The Morgan fingerprint density at radius 2 is 1.06 bits per heavy atom. The number of halogens is 6. The number of urea groups is 2. The first-order valence-electron chi connectivity index (χ1n) is 19.5. The molecule has 332 valence electrons. The highest BCUT2D eigenvalue weighted by Crippen LogP contribution is 2.29. The molecule has 2 aliphatic heterocycles. The predicted molar refractivity (Wildman–Crippen MR) is 229 cm³/mol. The van der Waals surface area contributed by atoms with Crippen molar-refractivity contribution < 1.29 is 41.6 Å². The third-order valence-electron chi connectivity index (χ3n) is 10.8. The maximum absolute atomic E-state index is 14.7. The van der Waals surface area contributed by atoms with E-state index in [0.717, 1.165) is 31.0 Å². The number of rotatable bonds is 11. The van der Waals surface area contributed by atoms with Gasteiger partial charge in [0.15, 0.2) is 5.78 Å². The van der Waals surface area contributed by atoms with E-state index in [1.54, 1.807) is 9.80 Å². The molecular weight excluding hydrogens is 855 g/mol. The standard InChI is InChI=1S/C22H25ClF2N4O2.C21H23ClF2N4O3/c1-27(2)17-7-8-28(13-17)22(31)29(16-5-6-19(24)18(23)10-16)12-15-4-3-14(9-20(15)25)21(30)11-26;1-26(2)16-7-8-27(12-16)21(30)28(15-5-6-18(23)17(22)10-15)11-14-4-3-13(9-19(14)24)20(29)31-25/h3-6,9-10,17H,7-8,11-13,26H2,1-2H3;3-6,9-10,16H,7-8,11-12,25H2,1-2H3/t17-;16-/m11/s1. The molecule has 0 radical (unpaired) electrons. The molecule has 13 nitrogen and oxygen atoms in total. The third-order valence-corrected chi connectivity index (χ3v) is 11.4. The molecule has 4 N–H and O–H groups in total. The summed E-state index contributed by atoms with van der Waals surface area (Å²) in [5, 5.41) is -0.281. The lowest BCUT2D eigenvalue weighted by Crippen LogP contribution is -2.43. The molecule has 2 aliphatic rings. The van der Waals surface area contributed by atoms with Gasteiger partial charge in [-0.2, -0.15) is 5.90 Å². The lowest BCUT2D eigenvalue weighted by Gasteiger charge is -2.29. The third kappa shape index (κ3) is 11.6. The zero-order valence-electron chi connectivity index (χ0n) is 34.6. The molecular formula is C43H48Cl2F4N8O5. The highest BCUT2D eigenvalue weighted by molar-refractivity contribution is 6.31. The minimum atomic E-state index is -0.879. The number of hydrogen-bond donors (Lipinski definition) is 2. The molecule has 2 atom stereocenters. The Morgan fingerprint density at radius 3 is 1.42 bits per heavy atom. The number of ketones is 1. The largest absolute Gasteiger partial charge is 0.370 e. The van der Waals surface area contributed by atoms with Crippen molar-refractivity contribution in [1.29, 1.82) is 0 Å². The fraction of sp³-hybridized carbons (Fsp3) is 0.349. The fourth-order valence-corrected chi connectivity index (χ4v) is 7.39. The number of likely N-dealkylation sites (N-methyl/N-ethyl adjacent to an activating group) is 2. The number of carbonyl (C=O) groups is 4. The summed E-state index contributed by atoms with van der Waals surface area (Å²) in [6, 6.07) is 15.4. The van der Waals surface area contributed by atoms with Crippen LogP contribution in [0.2, 0.25) is 10.0 Å². The van der Waals surface area contributed by atoms with Gasteiger partial charge in [-0.25, -0.2) is 31.9 Å². The smallest absolute Gasteiger partial charge is 0.356 e. The Morgan fingerprint density at radius 1 is 0.645 bits per heavy atom. The summed E-state index contributed by atoms with van der Waals surface area (Å²) in [5.74, 6) is 1.02. The van der Waals surface area contributed by atoms with E-state index in [-0.39, 0.29) is 81.9 Å². The minimum Gasteiger partial charge on any atom is -0.370 e. The summed E-state index contributed by atoms with van der Waals surface area (Å²) >= 11 is 11.9. The fourth-order valence-electron chi connectivity index (χ4n) is 7.04. The lowest BCUT2D eigenvalue weighted by atomic mass is 10.1. The second kappa shape index (κ2) is 21.2.